The summed E-state index contributed by atoms with van der Waals surface area (Å²) in [5.74, 6) is -1.05. The summed E-state index contributed by atoms with van der Waals surface area (Å²) in [7, 11) is 0. The molecule has 2 heterocycles. The minimum absolute atomic E-state index is 0.0381. The highest BCUT2D eigenvalue weighted by molar-refractivity contribution is 6.09. The van der Waals surface area contributed by atoms with Gasteiger partial charge in [-0.1, -0.05) is 54.8 Å². The molecule has 4 amide bonds. The Morgan fingerprint density at radius 1 is 1.15 bits per heavy atom. The molecular weight excluding hydrogens is 348 g/mol. The first-order valence-corrected chi connectivity index (χ1v) is 8.99. The second kappa shape index (κ2) is 6.82. The van der Waals surface area contributed by atoms with Crippen LogP contribution < -0.4 is 10.7 Å². The molecule has 9 nitrogen and oxygen atoms in total. The van der Waals surface area contributed by atoms with Crippen LogP contribution in [0.25, 0.3) is 0 Å². The van der Waals surface area contributed by atoms with Crippen LogP contribution in [0.5, 0.6) is 0 Å². The van der Waals surface area contributed by atoms with Gasteiger partial charge in [-0.25, -0.2) is 9.48 Å². The van der Waals surface area contributed by atoms with Gasteiger partial charge in [-0.05, 0) is 18.4 Å². The van der Waals surface area contributed by atoms with Crippen LogP contribution in [0.1, 0.15) is 48.2 Å². The minimum atomic E-state index is -0.881. The Kier molecular flexibility index (Phi) is 4.35. The van der Waals surface area contributed by atoms with Gasteiger partial charge < -0.3 is 5.32 Å². The third-order valence-corrected chi connectivity index (χ3v) is 5.04. The molecule has 1 saturated carbocycles. The van der Waals surface area contributed by atoms with Gasteiger partial charge in [-0.3, -0.25) is 15.0 Å². The van der Waals surface area contributed by atoms with E-state index in [0.717, 1.165) is 29.8 Å². The smallest absolute Gasteiger partial charge is 0.322 e. The molecule has 27 heavy (non-hydrogen) atoms. The summed E-state index contributed by atoms with van der Waals surface area (Å²) in [5.41, 5.74) is 2.53. The molecule has 0 unspecified atom stereocenters. The number of hydrogen-bond donors (Lipinski definition) is 2. The van der Waals surface area contributed by atoms with E-state index in [0.29, 0.717) is 19.4 Å². The lowest BCUT2D eigenvalue weighted by molar-refractivity contribution is -0.134. The van der Waals surface area contributed by atoms with E-state index in [1.165, 1.54) is 10.9 Å². The third kappa shape index (κ3) is 3.27. The van der Waals surface area contributed by atoms with Crippen molar-refractivity contribution in [1.29, 1.82) is 0 Å². The Balaban J connectivity index is 1.43. The highest BCUT2D eigenvalue weighted by Crippen LogP contribution is 2.33. The highest BCUT2D eigenvalue weighted by atomic mass is 16.2. The van der Waals surface area contributed by atoms with Crippen LogP contribution in [-0.2, 0) is 11.3 Å². The lowest BCUT2D eigenvalue weighted by atomic mass is 9.82. The topological polar surface area (TPSA) is 109 Å². The fraction of sp³-hybridized carbons (Fsp3) is 0.389. The SMILES string of the molecule is O=C(NN1C(=O)NC2(CCCCC2)C1=O)c1cn(Cc2ccccc2)nn1. The number of urea groups is 1. The molecule has 0 bridgehead atoms. The summed E-state index contributed by atoms with van der Waals surface area (Å²) in [6.07, 6.45) is 5.47. The first kappa shape index (κ1) is 17.2. The summed E-state index contributed by atoms with van der Waals surface area (Å²) in [4.78, 5) is 37.3. The van der Waals surface area contributed by atoms with Crippen LogP contribution in [0.3, 0.4) is 0 Å². The molecule has 4 rings (SSSR count). The predicted molar refractivity (Wildman–Crippen MR) is 94.2 cm³/mol. The van der Waals surface area contributed by atoms with E-state index in [1.807, 2.05) is 30.3 Å². The van der Waals surface area contributed by atoms with Gasteiger partial charge >= 0.3 is 6.03 Å². The van der Waals surface area contributed by atoms with E-state index in [-0.39, 0.29) is 5.69 Å². The van der Waals surface area contributed by atoms with E-state index in [1.54, 1.807) is 0 Å². The van der Waals surface area contributed by atoms with Crippen LogP contribution >= 0.6 is 0 Å². The van der Waals surface area contributed by atoms with Crippen LogP contribution in [0.15, 0.2) is 36.5 Å². The quantitative estimate of drug-likeness (QED) is 0.789. The van der Waals surface area contributed by atoms with Gasteiger partial charge in [0.25, 0.3) is 11.8 Å². The molecule has 1 aromatic carbocycles. The molecular formula is C18H20N6O3. The van der Waals surface area contributed by atoms with Crippen molar-refractivity contribution in [2.45, 2.75) is 44.2 Å². The van der Waals surface area contributed by atoms with Crippen molar-refractivity contribution in [3.63, 3.8) is 0 Å². The summed E-state index contributed by atoms with van der Waals surface area (Å²) in [6, 6.07) is 9.03. The van der Waals surface area contributed by atoms with Gasteiger partial charge in [0.15, 0.2) is 5.69 Å². The van der Waals surface area contributed by atoms with Gasteiger partial charge in [-0.2, -0.15) is 5.01 Å². The molecule has 1 aliphatic carbocycles. The van der Waals surface area contributed by atoms with Gasteiger partial charge in [0, 0.05) is 0 Å². The Morgan fingerprint density at radius 3 is 2.63 bits per heavy atom. The van der Waals surface area contributed by atoms with Crippen LogP contribution in [-0.4, -0.2) is 43.4 Å². The second-order valence-corrected chi connectivity index (χ2v) is 6.94. The van der Waals surface area contributed by atoms with Crippen LogP contribution in [0.2, 0.25) is 0 Å². The number of hydrogen-bond acceptors (Lipinski definition) is 5. The Morgan fingerprint density at radius 2 is 1.89 bits per heavy atom. The van der Waals surface area contributed by atoms with Crippen molar-refractivity contribution in [3.8, 4) is 0 Å². The van der Waals surface area contributed by atoms with Crippen LogP contribution in [0.4, 0.5) is 4.79 Å². The first-order valence-electron chi connectivity index (χ1n) is 8.99. The Hall–Kier alpha value is -3.23. The van der Waals surface area contributed by atoms with Gasteiger partial charge in [0.05, 0.1) is 12.7 Å². The molecule has 2 N–H and O–H groups in total. The largest absolute Gasteiger partial charge is 0.344 e. The van der Waals surface area contributed by atoms with Crippen molar-refractivity contribution in [2.24, 2.45) is 0 Å². The minimum Gasteiger partial charge on any atom is -0.322 e. The number of carbonyl (C=O) groups is 3. The van der Waals surface area contributed by atoms with E-state index in [4.69, 9.17) is 0 Å². The maximum Gasteiger partial charge on any atom is 0.344 e. The van der Waals surface area contributed by atoms with Gasteiger partial charge in [0.2, 0.25) is 0 Å². The molecule has 9 heteroatoms. The molecule has 140 valence electrons. The molecule has 1 spiro atoms. The van der Waals surface area contributed by atoms with Crippen LogP contribution in [0, 0.1) is 0 Å². The number of rotatable bonds is 4. The van der Waals surface area contributed by atoms with Crippen molar-refractivity contribution in [2.75, 3.05) is 0 Å². The molecule has 1 saturated heterocycles. The number of aromatic nitrogens is 3. The van der Waals surface area contributed by atoms with Crippen molar-refractivity contribution in [3.05, 3.63) is 47.8 Å². The maximum absolute atomic E-state index is 12.7. The number of nitrogens with zero attached hydrogens (tertiary/aromatic N) is 4. The van der Waals surface area contributed by atoms with E-state index in [9.17, 15) is 14.4 Å². The standard InChI is InChI=1S/C18H20N6O3/c25-15(14-12-23(22-20-14)11-13-7-3-1-4-8-13)21-24-16(26)18(19-17(24)27)9-5-2-6-10-18/h1,3-4,7-8,12H,2,5-6,9-11H2,(H,19,27)(H,21,25). The summed E-state index contributed by atoms with van der Waals surface area (Å²) in [6.45, 7) is 0.466. The average Bonchev–Trinajstić information content (AvgIpc) is 3.22. The number of amides is 4. The lowest BCUT2D eigenvalue weighted by Crippen LogP contribution is -2.51. The normalized spacial score (nSPS) is 18.6. The molecule has 0 radical (unpaired) electrons. The van der Waals surface area contributed by atoms with Crippen molar-refractivity contribution >= 4 is 17.8 Å². The zero-order chi connectivity index (χ0) is 18.9. The van der Waals surface area contributed by atoms with Crippen molar-refractivity contribution in [1.82, 2.24) is 30.7 Å². The Bertz CT molecular complexity index is 872. The van der Waals surface area contributed by atoms with E-state index >= 15 is 0 Å². The molecule has 2 aliphatic rings. The summed E-state index contributed by atoms with van der Waals surface area (Å²) < 4.78 is 1.53. The monoisotopic (exact) mass is 368 g/mol. The molecule has 2 aromatic rings. The van der Waals surface area contributed by atoms with E-state index in [2.05, 4.69) is 21.1 Å². The average molecular weight is 368 g/mol. The fourth-order valence-electron chi connectivity index (χ4n) is 3.63. The first-order chi connectivity index (χ1) is 13.1. The number of benzene rings is 1. The van der Waals surface area contributed by atoms with E-state index < -0.39 is 23.4 Å². The van der Waals surface area contributed by atoms with Gasteiger partial charge in [0.1, 0.15) is 5.54 Å². The number of hydrazine groups is 1. The Labute approximate surface area is 155 Å². The zero-order valence-corrected chi connectivity index (χ0v) is 14.7. The molecule has 1 aliphatic heterocycles. The summed E-state index contributed by atoms with van der Waals surface area (Å²) >= 11 is 0. The van der Waals surface area contributed by atoms with Gasteiger partial charge in [-0.15, -0.1) is 5.10 Å². The number of nitrogens with one attached hydrogen (secondary N) is 2. The highest BCUT2D eigenvalue weighted by Gasteiger charge is 2.52. The number of imide groups is 1. The zero-order valence-electron chi connectivity index (χ0n) is 14.7. The predicted octanol–water partition coefficient (Wildman–Crippen LogP) is 1.23. The van der Waals surface area contributed by atoms with Crippen molar-refractivity contribution < 1.29 is 14.4 Å². The fourth-order valence-corrected chi connectivity index (χ4v) is 3.63. The lowest BCUT2D eigenvalue weighted by Gasteiger charge is -2.30. The molecule has 0 atom stereocenters. The number of carbonyl (C=O) groups excluding carboxylic acids is 3. The summed E-state index contributed by atoms with van der Waals surface area (Å²) in [5, 5.41) is 11.3. The molecule has 2 fully saturated rings. The maximum atomic E-state index is 12.7. The molecule has 1 aromatic heterocycles. The second-order valence-electron chi connectivity index (χ2n) is 6.94. The third-order valence-electron chi connectivity index (χ3n) is 5.04.